The van der Waals surface area contributed by atoms with Crippen molar-refractivity contribution in [2.75, 3.05) is 36.4 Å². The Morgan fingerprint density at radius 2 is 1.61 bits per heavy atom. The van der Waals surface area contributed by atoms with Gasteiger partial charge in [-0.25, -0.2) is 9.97 Å². The molecule has 1 saturated heterocycles. The minimum Gasteiger partial charge on any atom is -0.353 e. The number of para-hydroxylation sites is 1. The third-order valence-electron chi connectivity index (χ3n) is 5.24. The SMILES string of the molecule is Cc1nc(Nc2c(C(C)C)cccc2C(C)C)cc(N2CCN(C=O)CC2)n1. The number of aromatic nitrogens is 2. The molecule has 1 amide bonds. The fraction of sp³-hybridized carbons (Fsp3) is 0.500. The number of carbonyl (C=O) groups excluding carboxylic acids is 1. The number of hydrogen-bond acceptors (Lipinski definition) is 5. The molecular weight excluding hydrogens is 350 g/mol. The van der Waals surface area contributed by atoms with E-state index in [0.29, 0.717) is 11.8 Å². The molecule has 1 aliphatic rings. The highest BCUT2D eigenvalue weighted by Gasteiger charge is 2.19. The van der Waals surface area contributed by atoms with Gasteiger partial charge in [0.25, 0.3) is 0 Å². The van der Waals surface area contributed by atoms with E-state index >= 15 is 0 Å². The smallest absolute Gasteiger partial charge is 0.209 e. The Labute approximate surface area is 168 Å². The number of rotatable bonds is 6. The van der Waals surface area contributed by atoms with Crippen LogP contribution >= 0.6 is 0 Å². The summed E-state index contributed by atoms with van der Waals surface area (Å²) in [6, 6.07) is 8.53. The van der Waals surface area contributed by atoms with E-state index < -0.39 is 0 Å². The van der Waals surface area contributed by atoms with E-state index in [1.54, 1.807) is 4.90 Å². The third-order valence-corrected chi connectivity index (χ3v) is 5.24. The summed E-state index contributed by atoms with van der Waals surface area (Å²) in [6.45, 7) is 13.8. The zero-order chi connectivity index (χ0) is 20.3. The Hall–Kier alpha value is -2.63. The number of benzene rings is 1. The van der Waals surface area contributed by atoms with Crippen molar-refractivity contribution in [1.82, 2.24) is 14.9 Å². The van der Waals surface area contributed by atoms with Crippen molar-refractivity contribution >= 4 is 23.7 Å². The first kappa shape index (κ1) is 20.1. The van der Waals surface area contributed by atoms with E-state index in [1.165, 1.54) is 11.1 Å². The molecule has 2 aromatic rings. The molecule has 6 heteroatoms. The molecule has 0 atom stereocenters. The predicted molar refractivity (Wildman–Crippen MR) is 115 cm³/mol. The quantitative estimate of drug-likeness (QED) is 0.765. The van der Waals surface area contributed by atoms with Crippen LogP contribution in [-0.4, -0.2) is 47.5 Å². The molecule has 0 aliphatic carbocycles. The number of aryl methyl sites for hydroxylation is 1. The van der Waals surface area contributed by atoms with Crippen LogP contribution < -0.4 is 10.2 Å². The molecule has 0 saturated carbocycles. The summed E-state index contributed by atoms with van der Waals surface area (Å²) in [6.07, 6.45) is 0.922. The maximum atomic E-state index is 11.0. The van der Waals surface area contributed by atoms with Gasteiger partial charge in [-0.2, -0.15) is 0 Å². The summed E-state index contributed by atoms with van der Waals surface area (Å²) in [7, 11) is 0. The van der Waals surface area contributed by atoms with E-state index in [2.05, 4.69) is 66.1 Å². The van der Waals surface area contributed by atoms with Gasteiger partial charge in [0.2, 0.25) is 6.41 Å². The van der Waals surface area contributed by atoms with Gasteiger partial charge in [-0.05, 0) is 29.9 Å². The summed E-state index contributed by atoms with van der Waals surface area (Å²) in [5, 5.41) is 3.60. The largest absolute Gasteiger partial charge is 0.353 e. The molecule has 3 rings (SSSR count). The topological polar surface area (TPSA) is 61.4 Å². The van der Waals surface area contributed by atoms with Crippen LogP contribution in [0.25, 0.3) is 0 Å². The van der Waals surface area contributed by atoms with Crippen LogP contribution in [0.3, 0.4) is 0 Å². The first-order valence-corrected chi connectivity index (χ1v) is 10.1. The maximum Gasteiger partial charge on any atom is 0.209 e. The van der Waals surface area contributed by atoms with Crippen LogP contribution in [0.5, 0.6) is 0 Å². The molecule has 6 nitrogen and oxygen atoms in total. The highest BCUT2D eigenvalue weighted by atomic mass is 16.1. The van der Waals surface area contributed by atoms with Crippen molar-refractivity contribution in [2.24, 2.45) is 0 Å². The average Bonchev–Trinajstić information content (AvgIpc) is 2.67. The number of nitrogens with zero attached hydrogens (tertiary/aromatic N) is 4. The molecule has 1 fully saturated rings. The molecule has 28 heavy (non-hydrogen) atoms. The highest BCUT2D eigenvalue weighted by molar-refractivity contribution is 5.68. The van der Waals surface area contributed by atoms with E-state index in [1.807, 2.05) is 13.0 Å². The maximum absolute atomic E-state index is 11.0. The lowest BCUT2D eigenvalue weighted by Crippen LogP contribution is -2.46. The lowest BCUT2D eigenvalue weighted by atomic mass is 9.92. The van der Waals surface area contributed by atoms with Gasteiger partial charge in [-0.3, -0.25) is 4.79 Å². The van der Waals surface area contributed by atoms with Crippen molar-refractivity contribution in [3.05, 3.63) is 41.2 Å². The lowest BCUT2D eigenvalue weighted by Gasteiger charge is -2.33. The Morgan fingerprint density at radius 1 is 1.00 bits per heavy atom. The van der Waals surface area contributed by atoms with Crippen LogP contribution in [0.1, 0.15) is 56.5 Å². The standard InChI is InChI=1S/C22H31N5O/c1-15(2)18-7-6-8-19(16(3)4)22(18)25-20-13-21(24-17(5)23-20)27-11-9-26(14-28)10-12-27/h6-8,13-16H,9-12H2,1-5H3,(H,23,24,25). The number of hydrogen-bond donors (Lipinski definition) is 1. The molecule has 0 spiro atoms. The molecule has 150 valence electrons. The summed E-state index contributed by atoms with van der Waals surface area (Å²) >= 11 is 0. The van der Waals surface area contributed by atoms with Crippen molar-refractivity contribution in [2.45, 2.75) is 46.5 Å². The van der Waals surface area contributed by atoms with E-state index in [0.717, 1.165) is 55.7 Å². The number of nitrogens with one attached hydrogen (secondary N) is 1. The lowest BCUT2D eigenvalue weighted by molar-refractivity contribution is -0.118. The number of anilines is 3. The normalized spacial score (nSPS) is 14.7. The van der Waals surface area contributed by atoms with Crippen LogP contribution in [0.2, 0.25) is 0 Å². The van der Waals surface area contributed by atoms with Gasteiger partial charge in [-0.15, -0.1) is 0 Å². The van der Waals surface area contributed by atoms with Gasteiger partial charge in [-0.1, -0.05) is 45.9 Å². The second-order valence-electron chi connectivity index (χ2n) is 8.03. The first-order chi connectivity index (χ1) is 13.4. The van der Waals surface area contributed by atoms with E-state index in [9.17, 15) is 4.79 Å². The third kappa shape index (κ3) is 4.43. The summed E-state index contributed by atoms with van der Waals surface area (Å²) in [4.78, 5) is 24.3. The van der Waals surface area contributed by atoms with Crippen LogP contribution in [0.4, 0.5) is 17.3 Å². The minimum absolute atomic E-state index is 0.417. The van der Waals surface area contributed by atoms with Crippen LogP contribution in [0, 0.1) is 6.92 Å². The molecule has 1 aromatic heterocycles. The molecule has 1 aromatic carbocycles. The van der Waals surface area contributed by atoms with Gasteiger partial charge >= 0.3 is 0 Å². The molecular formula is C22H31N5O. The van der Waals surface area contributed by atoms with E-state index in [4.69, 9.17) is 0 Å². The van der Waals surface area contributed by atoms with Crippen molar-refractivity contribution in [3.63, 3.8) is 0 Å². The second kappa shape index (κ2) is 8.59. The summed E-state index contributed by atoms with van der Waals surface area (Å²) in [5.74, 6) is 3.30. The zero-order valence-electron chi connectivity index (χ0n) is 17.6. The molecule has 0 radical (unpaired) electrons. The highest BCUT2D eigenvalue weighted by Crippen LogP contribution is 2.34. The summed E-state index contributed by atoms with van der Waals surface area (Å²) < 4.78 is 0. The molecule has 1 N–H and O–H groups in total. The molecule has 2 heterocycles. The van der Waals surface area contributed by atoms with Gasteiger partial charge in [0.15, 0.2) is 0 Å². The van der Waals surface area contributed by atoms with Crippen molar-refractivity contribution < 1.29 is 4.79 Å². The second-order valence-corrected chi connectivity index (χ2v) is 8.03. The monoisotopic (exact) mass is 381 g/mol. The Bertz CT molecular complexity index is 799. The van der Waals surface area contributed by atoms with Crippen molar-refractivity contribution in [1.29, 1.82) is 0 Å². The van der Waals surface area contributed by atoms with Gasteiger partial charge in [0.1, 0.15) is 17.5 Å². The Balaban J connectivity index is 1.92. The molecule has 0 bridgehead atoms. The number of amides is 1. The Morgan fingerprint density at radius 3 is 2.14 bits per heavy atom. The van der Waals surface area contributed by atoms with Crippen LogP contribution in [-0.2, 0) is 4.79 Å². The van der Waals surface area contributed by atoms with E-state index in [-0.39, 0.29) is 0 Å². The Kier molecular flexibility index (Phi) is 6.17. The zero-order valence-corrected chi connectivity index (χ0v) is 17.6. The number of carbonyl (C=O) groups is 1. The minimum atomic E-state index is 0.417. The number of piperazine rings is 1. The fourth-order valence-corrected chi connectivity index (χ4v) is 3.66. The van der Waals surface area contributed by atoms with Crippen LogP contribution in [0.15, 0.2) is 24.3 Å². The predicted octanol–water partition coefficient (Wildman–Crippen LogP) is 4.05. The fourth-order valence-electron chi connectivity index (χ4n) is 3.66. The van der Waals surface area contributed by atoms with Gasteiger partial charge in [0.05, 0.1) is 0 Å². The first-order valence-electron chi connectivity index (χ1n) is 10.1. The van der Waals surface area contributed by atoms with Gasteiger partial charge in [0, 0.05) is 37.9 Å². The average molecular weight is 382 g/mol. The van der Waals surface area contributed by atoms with Gasteiger partial charge < -0.3 is 15.1 Å². The molecule has 0 unspecified atom stereocenters. The van der Waals surface area contributed by atoms with Crippen molar-refractivity contribution in [3.8, 4) is 0 Å². The summed E-state index contributed by atoms with van der Waals surface area (Å²) in [5.41, 5.74) is 3.74. The molecule has 1 aliphatic heterocycles.